The third kappa shape index (κ3) is 3.57. The minimum Gasteiger partial charge on any atom is -0.494 e. The summed E-state index contributed by atoms with van der Waals surface area (Å²) in [6, 6.07) is 5.56. The third-order valence-electron chi connectivity index (χ3n) is 4.82. The molecule has 1 atom stereocenters. The normalized spacial score (nSPS) is 19.2. The maximum Gasteiger partial charge on any atom is 0.169 e. The summed E-state index contributed by atoms with van der Waals surface area (Å²) in [7, 11) is 1.53. The van der Waals surface area contributed by atoms with Gasteiger partial charge in [0.25, 0.3) is 0 Å². The molecule has 0 bridgehead atoms. The molecular weight excluding hydrogens is 265 g/mol. The lowest BCUT2D eigenvalue weighted by Gasteiger charge is -2.42. The van der Waals surface area contributed by atoms with Crippen LogP contribution in [0.3, 0.4) is 0 Å². The monoisotopic (exact) mass is 293 g/mol. The summed E-state index contributed by atoms with van der Waals surface area (Å²) < 4.78 is 19.9. The van der Waals surface area contributed by atoms with Crippen LogP contribution in [0.15, 0.2) is 18.2 Å². The summed E-state index contributed by atoms with van der Waals surface area (Å²) >= 11 is 0. The molecule has 1 unspecified atom stereocenters. The van der Waals surface area contributed by atoms with Crippen molar-refractivity contribution in [3.8, 4) is 5.75 Å². The van der Waals surface area contributed by atoms with E-state index >= 15 is 0 Å². The van der Waals surface area contributed by atoms with Gasteiger partial charge in [-0.1, -0.05) is 45.2 Å². The molecule has 1 aliphatic carbocycles. The van der Waals surface area contributed by atoms with Gasteiger partial charge in [-0.05, 0) is 37.3 Å². The molecule has 0 heterocycles. The number of benzene rings is 1. The van der Waals surface area contributed by atoms with E-state index in [-0.39, 0.29) is 17.3 Å². The molecule has 1 aliphatic rings. The molecule has 1 N–H and O–H groups in total. The first-order valence-corrected chi connectivity index (χ1v) is 8.18. The number of methoxy groups -OCH3 is 1. The highest BCUT2D eigenvalue weighted by atomic mass is 19.1. The molecule has 0 radical (unpaired) electrons. The van der Waals surface area contributed by atoms with Crippen molar-refractivity contribution in [3.05, 3.63) is 29.6 Å². The number of hydrogen-bond acceptors (Lipinski definition) is 2. The number of rotatable bonds is 6. The topological polar surface area (TPSA) is 21.3 Å². The summed E-state index contributed by atoms with van der Waals surface area (Å²) in [5.41, 5.74) is 0.882. The van der Waals surface area contributed by atoms with Crippen molar-refractivity contribution < 1.29 is 9.13 Å². The number of ether oxygens (including phenoxy) is 1. The fourth-order valence-corrected chi connectivity index (χ4v) is 3.58. The van der Waals surface area contributed by atoms with Crippen molar-refractivity contribution in [1.29, 1.82) is 0 Å². The second-order valence-corrected chi connectivity index (χ2v) is 6.47. The molecule has 0 aromatic heterocycles. The highest BCUT2D eigenvalue weighted by molar-refractivity contribution is 5.34. The van der Waals surface area contributed by atoms with Crippen molar-refractivity contribution in [2.24, 2.45) is 5.41 Å². The van der Waals surface area contributed by atoms with Crippen molar-refractivity contribution in [1.82, 2.24) is 5.32 Å². The maximum atomic E-state index is 14.7. The van der Waals surface area contributed by atoms with Crippen molar-refractivity contribution in [3.63, 3.8) is 0 Å². The third-order valence-corrected chi connectivity index (χ3v) is 4.82. The van der Waals surface area contributed by atoms with E-state index in [1.807, 2.05) is 12.1 Å². The zero-order valence-corrected chi connectivity index (χ0v) is 13.5. The zero-order chi connectivity index (χ0) is 15.3. The molecule has 1 aromatic carbocycles. The Morgan fingerprint density at radius 2 is 2.00 bits per heavy atom. The van der Waals surface area contributed by atoms with Gasteiger partial charge in [0.15, 0.2) is 11.6 Å². The Labute approximate surface area is 128 Å². The van der Waals surface area contributed by atoms with Crippen LogP contribution in [0.25, 0.3) is 0 Å². The van der Waals surface area contributed by atoms with E-state index < -0.39 is 0 Å². The average Bonchev–Trinajstić information content (AvgIpc) is 2.49. The Hall–Kier alpha value is -1.09. The highest BCUT2D eigenvalue weighted by Gasteiger charge is 2.37. The smallest absolute Gasteiger partial charge is 0.169 e. The first-order chi connectivity index (χ1) is 10.1. The van der Waals surface area contributed by atoms with Crippen LogP contribution >= 0.6 is 0 Å². The molecule has 0 aliphatic heterocycles. The molecule has 1 saturated carbocycles. The Balaban J connectivity index is 2.35. The molecule has 118 valence electrons. The van der Waals surface area contributed by atoms with Crippen LogP contribution in [0.4, 0.5) is 4.39 Å². The van der Waals surface area contributed by atoms with Crippen LogP contribution in [0.2, 0.25) is 0 Å². The van der Waals surface area contributed by atoms with E-state index in [1.165, 1.54) is 26.4 Å². The highest BCUT2D eigenvalue weighted by Crippen LogP contribution is 2.46. The lowest BCUT2D eigenvalue weighted by molar-refractivity contribution is 0.141. The van der Waals surface area contributed by atoms with Gasteiger partial charge in [-0.2, -0.15) is 0 Å². The molecule has 1 aromatic rings. The molecule has 0 saturated heterocycles. The second-order valence-electron chi connectivity index (χ2n) is 6.47. The van der Waals surface area contributed by atoms with Gasteiger partial charge in [-0.15, -0.1) is 0 Å². The first kappa shape index (κ1) is 16.3. The van der Waals surface area contributed by atoms with Gasteiger partial charge in [0.2, 0.25) is 0 Å². The largest absolute Gasteiger partial charge is 0.494 e. The fourth-order valence-electron chi connectivity index (χ4n) is 3.58. The summed E-state index contributed by atoms with van der Waals surface area (Å²) in [6.07, 6.45) is 7.16. The molecule has 0 amide bonds. The van der Waals surface area contributed by atoms with Gasteiger partial charge in [-0.25, -0.2) is 4.39 Å². The van der Waals surface area contributed by atoms with E-state index in [2.05, 4.69) is 19.2 Å². The standard InChI is InChI=1S/C18H28FNO/c1-4-13-20-17(18(2)11-6-5-7-12-18)14-9-8-10-15(21-3)16(14)19/h8-10,17,20H,4-7,11-13H2,1-3H3. The van der Waals surface area contributed by atoms with Gasteiger partial charge in [0.05, 0.1) is 7.11 Å². The van der Waals surface area contributed by atoms with Crippen LogP contribution in [0.5, 0.6) is 5.75 Å². The zero-order valence-electron chi connectivity index (χ0n) is 13.5. The lowest BCUT2D eigenvalue weighted by atomic mass is 9.68. The Bertz CT molecular complexity index is 455. The van der Waals surface area contributed by atoms with Gasteiger partial charge < -0.3 is 10.1 Å². The van der Waals surface area contributed by atoms with Crippen LogP contribution in [-0.4, -0.2) is 13.7 Å². The van der Waals surface area contributed by atoms with E-state index in [0.29, 0.717) is 5.75 Å². The molecule has 3 heteroatoms. The predicted molar refractivity (Wildman–Crippen MR) is 85.2 cm³/mol. The SMILES string of the molecule is CCCNC(c1cccc(OC)c1F)C1(C)CCCCC1. The summed E-state index contributed by atoms with van der Waals surface area (Å²) in [6.45, 7) is 5.37. The maximum absolute atomic E-state index is 14.7. The molecule has 2 rings (SSSR count). The predicted octanol–water partition coefficient (Wildman–Crippen LogP) is 4.85. The number of nitrogens with one attached hydrogen (secondary N) is 1. The minimum atomic E-state index is -0.208. The van der Waals surface area contributed by atoms with Gasteiger partial charge >= 0.3 is 0 Å². The molecule has 2 nitrogen and oxygen atoms in total. The van der Waals surface area contributed by atoms with Crippen molar-refractivity contribution in [2.45, 2.75) is 58.4 Å². The van der Waals surface area contributed by atoms with E-state index in [4.69, 9.17) is 4.74 Å². The summed E-state index contributed by atoms with van der Waals surface area (Å²) in [5.74, 6) is 0.135. The van der Waals surface area contributed by atoms with Crippen LogP contribution in [0, 0.1) is 11.2 Å². The van der Waals surface area contributed by atoms with Gasteiger partial charge in [0.1, 0.15) is 0 Å². The number of halogens is 1. The van der Waals surface area contributed by atoms with Crippen LogP contribution in [-0.2, 0) is 0 Å². The Morgan fingerprint density at radius 3 is 2.62 bits per heavy atom. The Morgan fingerprint density at radius 1 is 1.29 bits per heavy atom. The van der Waals surface area contributed by atoms with Crippen molar-refractivity contribution >= 4 is 0 Å². The van der Waals surface area contributed by atoms with Gasteiger partial charge in [0, 0.05) is 11.6 Å². The Kier molecular flexibility index (Phi) is 5.63. The number of hydrogen-bond donors (Lipinski definition) is 1. The molecular formula is C18H28FNO. The van der Waals surface area contributed by atoms with Crippen LogP contribution in [0.1, 0.15) is 64.0 Å². The average molecular weight is 293 g/mol. The second kappa shape index (κ2) is 7.26. The summed E-state index contributed by atoms with van der Waals surface area (Å²) in [5, 5.41) is 3.59. The van der Waals surface area contributed by atoms with Gasteiger partial charge in [-0.3, -0.25) is 0 Å². The lowest BCUT2D eigenvalue weighted by Crippen LogP contribution is -2.38. The van der Waals surface area contributed by atoms with Crippen LogP contribution < -0.4 is 10.1 Å². The minimum absolute atomic E-state index is 0.0628. The fraction of sp³-hybridized carbons (Fsp3) is 0.667. The van der Waals surface area contributed by atoms with Crippen molar-refractivity contribution in [2.75, 3.05) is 13.7 Å². The van der Waals surface area contributed by atoms with E-state index in [0.717, 1.165) is 31.4 Å². The van der Waals surface area contributed by atoms with E-state index in [1.54, 1.807) is 6.07 Å². The molecule has 0 spiro atoms. The first-order valence-electron chi connectivity index (χ1n) is 8.18. The molecule has 1 fully saturated rings. The van der Waals surface area contributed by atoms with E-state index in [9.17, 15) is 4.39 Å². The quantitative estimate of drug-likeness (QED) is 0.810. The molecule has 21 heavy (non-hydrogen) atoms. The summed E-state index contributed by atoms with van der Waals surface area (Å²) in [4.78, 5) is 0.